The van der Waals surface area contributed by atoms with Crippen LogP contribution in [0.4, 0.5) is 13.2 Å². The van der Waals surface area contributed by atoms with Crippen molar-refractivity contribution in [1.29, 1.82) is 0 Å². The third kappa shape index (κ3) is 5.13. The number of esters is 1. The first-order valence-electron chi connectivity index (χ1n) is 10.0. The molecule has 2 N–H and O–H groups in total. The number of carbonyl (C=O) groups excluding carboxylic acids is 2. The van der Waals surface area contributed by atoms with Crippen LogP contribution < -0.4 is 10.8 Å². The lowest BCUT2D eigenvalue weighted by Gasteiger charge is -2.22. The van der Waals surface area contributed by atoms with E-state index in [4.69, 9.17) is 9.39 Å². The number of fused-ring (bicyclic) bond motifs is 1. The minimum Gasteiger partial charge on any atom is -0.459 e. The quantitative estimate of drug-likeness (QED) is 0.524. The molecule has 32 heavy (non-hydrogen) atoms. The summed E-state index contributed by atoms with van der Waals surface area (Å²) in [5.74, 6) is -1.62. The molecule has 10 heteroatoms. The van der Waals surface area contributed by atoms with E-state index in [9.17, 15) is 27.8 Å². The first-order chi connectivity index (χ1) is 15.0. The molecule has 3 rings (SSSR count). The highest BCUT2D eigenvalue weighted by atomic mass is 19.4. The van der Waals surface area contributed by atoms with Gasteiger partial charge >= 0.3 is 19.3 Å². The van der Waals surface area contributed by atoms with Crippen LogP contribution in [0.3, 0.4) is 0 Å². The lowest BCUT2D eigenvalue weighted by molar-refractivity contribution is -0.148. The van der Waals surface area contributed by atoms with Crippen LogP contribution in [-0.4, -0.2) is 30.1 Å². The Hall–Kier alpha value is -2.85. The predicted octanol–water partition coefficient (Wildman–Crippen LogP) is 2.73. The lowest BCUT2D eigenvalue weighted by atomic mass is 9.75. The van der Waals surface area contributed by atoms with Crippen molar-refractivity contribution in [3.05, 3.63) is 64.2 Å². The fourth-order valence-corrected chi connectivity index (χ4v) is 3.55. The molecule has 0 radical (unpaired) electrons. The van der Waals surface area contributed by atoms with Gasteiger partial charge in [-0.15, -0.1) is 0 Å². The van der Waals surface area contributed by atoms with Gasteiger partial charge in [0, 0.05) is 5.56 Å². The summed E-state index contributed by atoms with van der Waals surface area (Å²) in [7, 11) is -1.11. The Balaban J connectivity index is 1.70. The molecule has 0 spiro atoms. The molecule has 1 aliphatic heterocycles. The van der Waals surface area contributed by atoms with Crippen molar-refractivity contribution in [2.75, 3.05) is 0 Å². The molecule has 1 atom stereocenters. The second-order valence-corrected chi connectivity index (χ2v) is 7.98. The Morgan fingerprint density at radius 1 is 1.25 bits per heavy atom. The van der Waals surface area contributed by atoms with E-state index >= 15 is 0 Å². The standard InChI is InChI=1S/C22H23BF3NO5/c1-12(2)19(21(29)31-10-14-5-4-6-16(9-14)22(24,25)26)27-20(28)17-8-7-15-11-32-23(30)18(15)13(17)3/h4-9,12,19,30H,10-11H2,1-3H3,(H,27,28). The molecule has 0 bridgehead atoms. The molecule has 170 valence electrons. The number of ether oxygens (including phenoxy) is 1. The summed E-state index contributed by atoms with van der Waals surface area (Å²) in [4.78, 5) is 25.5. The second kappa shape index (κ2) is 9.34. The number of halogens is 3. The largest absolute Gasteiger partial charge is 0.492 e. The van der Waals surface area contributed by atoms with Gasteiger partial charge in [-0.2, -0.15) is 13.2 Å². The average molecular weight is 449 g/mol. The summed E-state index contributed by atoms with van der Waals surface area (Å²) in [5.41, 5.74) is 1.50. The normalized spacial score (nSPS) is 14.3. The zero-order chi connectivity index (χ0) is 23.6. The van der Waals surface area contributed by atoms with Crippen LogP contribution in [0.15, 0.2) is 36.4 Å². The molecule has 0 fully saturated rings. The van der Waals surface area contributed by atoms with Crippen molar-refractivity contribution in [1.82, 2.24) is 5.32 Å². The van der Waals surface area contributed by atoms with Gasteiger partial charge in [0.15, 0.2) is 0 Å². The van der Waals surface area contributed by atoms with Crippen molar-refractivity contribution in [3.63, 3.8) is 0 Å². The first kappa shape index (κ1) is 23.8. The molecule has 1 unspecified atom stereocenters. The highest BCUT2D eigenvalue weighted by Crippen LogP contribution is 2.29. The van der Waals surface area contributed by atoms with E-state index in [0.717, 1.165) is 17.7 Å². The molecule has 0 saturated carbocycles. The molecule has 2 aromatic rings. The SMILES string of the molecule is Cc1c(C(=O)NC(C(=O)OCc2cccc(C(F)(F)F)c2)C(C)C)ccc2c1B(O)OC2. The Morgan fingerprint density at radius 2 is 1.97 bits per heavy atom. The minimum atomic E-state index is -4.50. The van der Waals surface area contributed by atoms with Crippen molar-refractivity contribution < 1.29 is 37.2 Å². The zero-order valence-corrected chi connectivity index (χ0v) is 17.8. The van der Waals surface area contributed by atoms with E-state index in [1.165, 1.54) is 12.1 Å². The predicted molar refractivity (Wildman–Crippen MR) is 111 cm³/mol. The molecule has 0 aromatic heterocycles. The fraction of sp³-hybridized carbons (Fsp3) is 0.364. The van der Waals surface area contributed by atoms with E-state index < -0.39 is 36.8 Å². The third-order valence-corrected chi connectivity index (χ3v) is 5.34. The van der Waals surface area contributed by atoms with Gasteiger partial charge in [0.25, 0.3) is 5.91 Å². The van der Waals surface area contributed by atoms with Crippen molar-refractivity contribution >= 4 is 24.5 Å². The van der Waals surface area contributed by atoms with Gasteiger partial charge in [-0.3, -0.25) is 4.79 Å². The molecule has 6 nitrogen and oxygen atoms in total. The van der Waals surface area contributed by atoms with Crippen LogP contribution >= 0.6 is 0 Å². The maximum atomic E-state index is 12.9. The number of hydrogen-bond acceptors (Lipinski definition) is 5. The van der Waals surface area contributed by atoms with E-state index in [1.54, 1.807) is 32.9 Å². The van der Waals surface area contributed by atoms with Crippen LogP contribution in [0.25, 0.3) is 0 Å². The first-order valence-corrected chi connectivity index (χ1v) is 10.0. The smallest absolute Gasteiger partial charge is 0.459 e. The van der Waals surface area contributed by atoms with E-state index in [1.807, 2.05) is 0 Å². The Bertz CT molecular complexity index is 1030. The van der Waals surface area contributed by atoms with Crippen molar-refractivity contribution in [2.45, 2.75) is 46.2 Å². The summed E-state index contributed by atoms with van der Waals surface area (Å²) in [5, 5.41) is 12.6. The van der Waals surface area contributed by atoms with Gasteiger partial charge in [0.2, 0.25) is 0 Å². The summed E-state index contributed by atoms with van der Waals surface area (Å²) in [6, 6.07) is 6.78. The van der Waals surface area contributed by atoms with Gasteiger partial charge in [-0.05, 0) is 53.2 Å². The number of benzene rings is 2. The lowest BCUT2D eigenvalue weighted by Crippen LogP contribution is -2.46. The number of alkyl halides is 3. The number of rotatable bonds is 6. The second-order valence-electron chi connectivity index (χ2n) is 7.98. The Labute approximate surface area is 183 Å². The van der Waals surface area contributed by atoms with Gasteiger partial charge < -0.3 is 19.7 Å². The van der Waals surface area contributed by atoms with E-state index in [0.29, 0.717) is 11.0 Å². The maximum Gasteiger partial charge on any atom is 0.492 e. The van der Waals surface area contributed by atoms with Gasteiger partial charge in [-0.1, -0.05) is 32.0 Å². The van der Waals surface area contributed by atoms with Crippen molar-refractivity contribution in [2.24, 2.45) is 5.92 Å². The van der Waals surface area contributed by atoms with Crippen LogP contribution in [0.2, 0.25) is 0 Å². The monoisotopic (exact) mass is 449 g/mol. The maximum absolute atomic E-state index is 12.9. The summed E-state index contributed by atoms with van der Waals surface area (Å²) in [6.45, 7) is 4.99. The number of nitrogens with one attached hydrogen (secondary N) is 1. The summed E-state index contributed by atoms with van der Waals surface area (Å²) >= 11 is 0. The molecule has 2 aromatic carbocycles. The minimum absolute atomic E-state index is 0.186. The van der Waals surface area contributed by atoms with E-state index in [-0.39, 0.29) is 30.3 Å². The van der Waals surface area contributed by atoms with Crippen LogP contribution in [0, 0.1) is 12.8 Å². The van der Waals surface area contributed by atoms with Crippen molar-refractivity contribution in [3.8, 4) is 0 Å². The number of amides is 1. The molecular weight excluding hydrogens is 426 g/mol. The summed E-state index contributed by atoms with van der Waals surface area (Å²) in [6.07, 6.45) is -4.50. The summed E-state index contributed by atoms with van der Waals surface area (Å²) < 4.78 is 49.0. The Morgan fingerprint density at radius 3 is 2.62 bits per heavy atom. The van der Waals surface area contributed by atoms with Gasteiger partial charge in [0.05, 0.1) is 12.2 Å². The average Bonchev–Trinajstić information content (AvgIpc) is 3.11. The van der Waals surface area contributed by atoms with E-state index in [2.05, 4.69) is 5.32 Å². The van der Waals surface area contributed by atoms with Gasteiger partial charge in [-0.25, -0.2) is 4.79 Å². The zero-order valence-electron chi connectivity index (χ0n) is 17.8. The van der Waals surface area contributed by atoms with Gasteiger partial charge in [0.1, 0.15) is 12.6 Å². The molecule has 1 amide bonds. The topological polar surface area (TPSA) is 84.9 Å². The molecule has 0 aliphatic carbocycles. The number of carbonyl (C=O) groups is 2. The number of hydrogen-bond donors (Lipinski definition) is 2. The van der Waals surface area contributed by atoms with Crippen LogP contribution in [0.5, 0.6) is 0 Å². The highest BCUT2D eigenvalue weighted by molar-refractivity contribution is 6.62. The van der Waals surface area contributed by atoms with Crippen LogP contribution in [0.1, 0.15) is 46.5 Å². The third-order valence-electron chi connectivity index (χ3n) is 5.34. The molecule has 0 saturated heterocycles. The van der Waals surface area contributed by atoms with Crippen LogP contribution in [-0.2, 0) is 33.6 Å². The molecule has 1 aliphatic rings. The fourth-order valence-electron chi connectivity index (χ4n) is 3.55. The highest BCUT2D eigenvalue weighted by Gasteiger charge is 2.33. The Kier molecular flexibility index (Phi) is 6.95. The molecule has 1 heterocycles. The molecular formula is C22H23BF3NO5.